The van der Waals surface area contributed by atoms with Crippen LogP contribution in [0.2, 0.25) is 0 Å². The first-order valence-electron chi connectivity index (χ1n) is 10.9. The molecule has 0 atom stereocenters. The molecule has 0 spiro atoms. The van der Waals surface area contributed by atoms with E-state index in [1.165, 1.54) is 0 Å². The van der Waals surface area contributed by atoms with E-state index in [2.05, 4.69) is 22.1 Å². The van der Waals surface area contributed by atoms with Gasteiger partial charge < -0.3 is 14.6 Å². The van der Waals surface area contributed by atoms with Crippen molar-refractivity contribution in [3.63, 3.8) is 0 Å². The SMILES string of the molecule is CCc1ccccc1NC(=O)CN1CCN(C(=O)Cc2nc(-c3cccs3)oc2C)CC1. The molecule has 7 nitrogen and oxygen atoms in total. The Balaban J connectivity index is 1.26. The Hall–Kier alpha value is -2.97. The summed E-state index contributed by atoms with van der Waals surface area (Å²) in [6.07, 6.45) is 1.10. The maximum absolute atomic E-state index is 12.8. The first-order chi connectivity index (χ1) is 15.5. The molecule has 3 heterocycles. The average Bonchev–Trinajstić information content (AvgIpc) is 3.45. The fraction of sp³-hybridized carbons (Fsp3) is 0.375. The molecule has 1 fully saturated rings. The van der Waals surface area contributed by atoms with Crippen LogP contribution in [-0.4, -0.2) is 59.3 Å². The number of rotatable bonds is 7. The van der Waals surface area contributed by atoms with Gasteiger partial charge in [-0.2, -0.15) is 0 Å². The summed E-state index contributed by atoms with van der Waals surface area (Å²) in [4.78, 5) is 34.7. The molecule has 1 saturated heterocycles. The van der Waals surface area contributed by atoms with Crippen molar-refractivity contribution in [1.29, 1.82) is 0 Å². The van der Waals surface area contributed by atoms with Gasteiger partial charge in [-0.1, -0.05) is 31.2 Å². The van der Waals surface area contributed by atoms with E-state index in [-0.39, 0.29) is 18.2 Å². The molecule has 8 heteroatoms. The number of amides is 2. The number of piperazine rings is 1. The molecule has 2 aromatic heterocycles. The molecular weight excluding hydrogens is 424 g/mol. The molecule has 0 saturated carbocycles. The van der Waals surface area contributed by atoms with E-state index in [4.69, 9.17) is 4.42 Å². The minimum atomic E-state index is -0.0231. The molecular formula is C24H28N4O3S. The van der Waals surface area contributed by atoms with Crippen LogP contribution in [0.4, 0.5) is 5.69 Å². The van der Waals surface area contributed by atoms with Crippen LogP contribution >= 0.6 is 11.3 Å². The number of nitrogens with zero attached hydrogens (tertiary/aromatic N) is 3. The summed E-state index contributed by atoms with van der Waals surface area (Å²) in [7, 11) is 0. The highest BCUT2D eigenvalue weighted by atomic mass is 32.1. The lowest BCUT2D eigenvalue weighted by Gasteiger charge is -2.34. The van der Waals surface area contributed by atoms with E-state index in [0.717, 1.165) is 22.5 Å². The van der Waals surface area contributed by atoms with Gasteiger partial charge >= 0.3 is 0 Å². The summed E-state index contributed by atoms with van der Waals surface area (Å²) in [6.45, 7) is 6.80. The van der Waals surface area contributed by atoms with E-state index in [1.807, 2.05) is 53.6 Å². The van der Waals surface area contributed by atoms with Gasteiger partial charge in [-0.25, -0.2) is 4.98 Å². The maximum Gasteiger partial charge on any atom is 0.238 e. The lowest BCUT2D eigenvalue weighted by atomic mass is 10.1. The molecule has 32 heavy (non-hydrogen) atoms. The highest BCUT2D eigenvalue weighted by Gasteiger charge is 2.24. The molecule has 1 aromatic carbocycles. The van der Waals surface area contributed by atoms with Crippen molar-refractivity contribution in [3.8, 4) is 10.8 Å². The highest BCUT2D eigenvalue weighted by Crippen LogP contribution is 2.26. The molecule has 1 N–H and O–H groups in total. The summed E-state index contributed by atoms with van der Waals surface area (Å²) in [6, 6.07) is 11.8. The van der Waals surface area contributed by atoms with Gasteiger partial charge in [0.25, 0.3) is 0 Å². The molecule has 0 unspecified atom stereocenters. The van der Waals surface area contributed by atoms with Crippen LogP contribution in [0, 0.1) is 6.92 Å². The van der Waals surface area contributed by atoms with Crippen molar-refractivity contribution >= 4 is 28.8 Å². The lowest BCUT2D eigenvalue weighted by molar-refractivity contribution is -0.132. The third-order valence-electron chi connectivity index (χ3n) is 5.71. The number of hydrogen-bond acceptors (Lipinski definition) is 6. The fourth-order valence-corrected chi connectivity index (χ4v) is 4.50. The standard InChI is InChI=1S/C24H28N4O3S/c1-3-18-7-4-5-8-19(18)25-22(29)16-27-10-12-28(13-11-27)23(30)15-20-17(2)31-24(26-20)21-9-6-14-32-21/h4-9,14H,3,10-13,15-16H2,1-2H3,(H,25,29). The van der Waals surface area contributed by atoms with Crippen LogP contribution in [0.15, 0.2) is 46.2 Å². The number of benzene rings is 1. The second kappa shape index (κ2) is 10.1. The molecule has 0 radical (unpaired) electrons. The Morgan fingerprint density at radius 1 is 1.12 bits per heavy atom. The second-order valence-corrected chi connectivity index (χ2v) is 8.84. The van der Waals surface area contributed by atoms with Crippen LogP contribution < -0.4 is 5.32 Å². The van der Waals surface area contributed by atoms with Gasteiger partial charge in [0.15, 0.2) is 0 Å². The molecule has 3 aromatic rings. The number of hydrogen-bond donors (Lipinski definition) is 1. The summed E-state index contributed by atoms with van der Waals surface area (Å²) in [5.41, 5.74) is 2.69. The largest absolute Gasteiger partial charge is 0.440 e. The Morgan fingerprint density at radius 2 is 1.91 bits per heavy atom. The van der Waals surface area contributed by atoms with Crippen LogP contribution in [-0.2, 0) is 22.4 Å². The van der Waals surface area contributed by atoms with E-state index in [1.54, 1.807) is 11.3 Å². The van der Waals surface area contributed by atoms with E-state index >= 15 is 0 Å². The number of aromatic nitrogens is 1. The molecule has 1 aliphatic rings. The van der Waals surface area contributed by atoms with Gasteiger partial charge in [0.05, 0.1) is 23.5 Å². The van der Waals surface area contributed by atoms with Crippen molar-refractivity contribution in [3.05, 3.63) is 58.8 Å². The van der Waals surface area contributed by atoms with Crippen molar-refractivity contribution in [1.82, 2.24) is 14.8 Å². The number of nitrogens with one attached hydrogen (secondary N) is 1. The van der Waals surface area contributed by atoms with Gasteiger partial charge in [-0.3, -0.25) is 14.5 Å². The summed E-state index contributed by atoms with van der Waals surface area (Å²) in [5.74, 6) is 1.27. The zero-order chi connectivity index (χ0) is 22.5. The maximum atomic E-state index is 12.8. The predicted molar refractivity (Wildman–Crippen MR) is 126 cm³/mol. The molecule has 1 aliphatic heterocycles. The average molecular weight is 453 g/mol. The lowest BCUT2D eigenvalue weighted by Crippen LogP contribution is -2.50. The molecule has 4 rings (SSSR count). The minimum Gasteiger partial charge on any atom is -0.440 e. The second-order valence-electron chi connectivity index (χ2n) is 7.89. The Morgan fingerprint density at radius 3 is 2.62 bits per heavy atom. The van der Waals surface area contributed by atoms with Crippen LogP contribution in [0.1, 0.15) is 23.9 Å². The van der Waals surface area contributed by atoms with E-state index in [9.17, 15) is 9.59 Å². The number of thiophene rings is 1. The monoisotopic (exact) mass is 452 g/mol. The Kier molecular flexibility index (Phi) is 7.02. The fourth-order valence-electron chi connectivity index (χ4n) is 3.85. The number of aryl methyl sites for hydroxylation is 2. The quantitative estimate of drug-likeness (QED) is 0.593. The molecule has 168 valence electrons. The number of carbonyl (C=O) groups excluding carboxylic acids is 2. The smallest absolute Gasteiger partial charge is 0.238 e. The third kappa shape index (κ3) is 5.26. The molecule has 0 bridgehead atoms. The number of oxazole rings is 1. The van der Waals surface area contributed by atoms with E-state index < -0.39 is 0 Å². The Labute approximate surface area is 192 Å². The zero-order valence-electron chi connectivity index (χ0n) is 18.5. The normalized spacial score (nSPS) is 14.5. The van der Waals surface area contributed by atoms with Gasteiger partial charge in [0.2, 0.25) is 17.7 Å². The number of para-hydroxylation sites is 1. The van der Waals surface area contributed by atoms with Crippen LogP contribution in [0.25, 0.3) is 10.8 Å². The Bertz CT molecular complexity index is 1070. The number of anilines is 1. The van der Waals surface area contributed by atoms with Crippen LogP contribution in [0.3, 0.4) is 0 Å². The number of carbonyl (C=O) groups is 2. The van der Waals surface area contributed by atoms with Gasteiger partial charge in [-0.15, -0.1) is 11.3 Å². The van der Waals surface area contributed by atoms with Gasteiger partial charge in [0.1, 0.15) is 5.76 Å². The topological polar surface area (TPSA) is 78.7 Å². The summed E-state index contributed by atoms with van der Waals surface area (Å²) < 4.78 is 5.75. The minimum absolute atomic E-state index is 0.0231. The zero-order valence-corrected chi connectivity index (χ0v) is 19.3. The third-order valence-corrected chi connectivity index (χ3v) is 6.57. The van der Waals surface area contributed by atoms with Crippen molar-refractivity contribution in [2.75, 3.05) is 38.0 Å². The summed E-state index contributed by atoms with van der Waals surface area (Å²) >= 11 is 1.56. The van der Waals surface area contributed by atoms with E-state index in [0.29, 0.717) is 50.1 Å². The van der Waals surface area contributed by atoms with Crippen molar-refractivity contribution in [2.45, 2.75) is 26.7 Å². The van der Waals surface area contributed by atoms with Crippen LogP contribution in [0.5, 0.6) is 0 Å². The molecule has 2 amide bonds. The van der Waals surface area contributed by atoms with Crippen molar-refractivity contribution in [2.24, 2.45) is 0 Å². The predicted octanol–water partition coefficient (Wildman–Crippen LogP) is 3.60. The van der Waals surface area contributed by atoms with Gasteiger partial charge in [-0.05, 0) is 36.4 Å². The highest BCUT2D eigenvalue weighted by molar-refractivity contribution is 7.13. The van der Waals surface area contributed by atoms with Crippen molar-refractivity contribution < 1.29 is 14.0 Å². The van der Waals surface area contributed by atoms with Gasteiger partial charge in [0, 0.05) is 31.9 Å². The summed E-state index contributed by atoms with van der Waals surface area (Å²) in [5, 5.41) is 4.99. The molecule has 0 aliphatic carbocycles. The first kappa shape index (κ1) is 22.2. The first-order valence-corrected chi connectivity index (χ1v) is 11.8.